The summed E-state index contributed by atoms with van der Waals surface area (Å²) in [7, 11) is 1.46. The Morgan fingerprint density at radius 1 is 1.14 bits per heavy atom. The van der Waals surface area contributed by atoms with Crippen LogP contribution >= 0.6 is 11.6 Å². The van der Waals surface area contributed by atoms with Crippen LogP contribution < -0.4 is 20.7 Å². The number of hydrogen-bond acceptors (Lipinski definition) is 4. The molecule has 5 rings (SSSR count). The number of ether oxygens (including phenoxy) is 1. The summed E-state index contributed by atoms with van der Waals surface area (Å²) >= 11 is 6.08. The average molecular weight is 522 g/mol. The van der Waals surface area contributed by atoms with Gasteiger partial charge in [-0.25, -0.2) is 4.39 Å². The first kappa shape index (κ1) is 25.2. The number of carbonyl (C=O) groups is 2. The van der Waals surface area contributed by atoms with E-state index in [1.54, 1.807) is 18.2 Å². The van der Waals surface area contributed by atoms with Crippen LogP contribution in [0.1, 0.15) is 52.0 Å². The second-order valence-corrected chi connectivity index (χ2v) is 10.4. The molecular weight excluding hydrogens is 493 g/mol. The van der Waals surface area contributed by atoms with Crippen molar-refractivity contribution >= 4 is 34.8 Å². The van der Waals surface area contributed by atoms with Crippen LogP contribution in [0.2, 0.25) is 5.02 Å². The Kier molecular flexibility index (Phi) is 6.92. The largest absolute Gasteiger partial charge is 0.495 e. The van der Waals surface area contributed by atoms with E-state index in [1.807, 2.05) is 23.1 Å². The van der Waals surface area contributed by atoms with Crippen LogP contribution in [0.4, 0.5) is 15.8 Å². The lowest BCUT2D eigenvalue weighted by Gasteiger charge is -2.28. The summed E-state index contributed by atoms with van der Waals surface area (Å²) in [6, 6.07) is 16.7. The van der Waals surface area contributed by atoms with Gasteiger partial charge in [-0.2, -0.15) is 0 Å². The first-order chi connectivity index (χ1) is 17.8. The van der Waals surface area contributed by atoms with Gasteiger partial charge < -0.3 is 20.7 Å². The SMILES string of the molecule is COc1cc(C(=O)N2CC[C@@]3(CCC(N)C3)Cc3ccccc32)ccc1NC(=O)c1cc(F)ccc1Cl. The molecule has 2 atom stereocenters. The van der Waals surface area contributed by atoms with Crippen LogP contribution in [-0.4, -0.2) is 31.5 Å². The van der Waals surface area contributed by atoms with Crippen LogP contribution in [0.15, 0.2) is 60.7 Å². The van der Waals surface area contributed by atoms with Crippen LogP contribution in [0, 0.1) is 11.2 Å². The molecular formula is C29H29ClFN3O3. The maximum atomic E-state index is 13.8. The standard InChI is InChI=1S/C29H29ClFN3O3/c1-37-26-14-18(6-9-24(26)33-27(35)22-15-20(31)7-8-23(22)30)28(36)34-13-12-29(11-10-21(32)17-29)16-19-4-2-3-5-25(19)34/h2-9,14-15,21H,10-13,16-17,32H2,1H3,(H,33,35)/t21?,29-/m0/s1. The van der Waals surface area contributed by atoms with Gasteiger partial charge in [-0.05, 0) is 85.5 Å². The maximum absolute atomic E-state index is 13.8. The number of halogens is 2. The Hall–Kier alpha value is -3.42. The highest BCUT2D eigenvalue weighted by atomic mass is 35.5. The topological polar surface area (TPSA) is 84.7 Å². The van der Waals surface area contributed by atoms with E-state index >= 15 is 0 Å². The lowest BCUT2D eigenvalue weighted by atomic mass is 9.77. The molecule has 1 aliphatic heterocycles. The Balaban J connectivity index is 1.41. The number of methoxy groups -OCH3 is 1. The fourth-order valence-corrected chi connectivity index (χ4v) is 5.88. The van der Waals surface area contributed by atoms with E-state index in [2.05, 4.69) is 11.4 Å². The minimum absolute atomic E-state index is 0.00519. The average Bonchev–Trinajstić information content (AvgIpc) is 3.17. The van der Waals surface area contributed by atoms with Gasteiger partial charge in [-0.3, -0.25) is 9.59 Å². The predicted octanol–water partition coefficient (Wildman–Crippen LogP) is 5.83. The molecule has 1 saturated carbocycles. The summed E-state index contributed by atoms with van der Waals surface area (Å²) in [5.74, 6) is -0.978. The summed E-state index contributed by atoms with van der Waals surface area (Å²) < 4.78 is 19.1. The molecule has 2 amide bonds. The number of anilines is 2. The Labute approximate surface area is 220 Å². The van der Waals surface area contributed by atoms with Crippen molar-refractivity contribution in [2.75, 3.05) is 23.9 Å². The molecule has 0 bridgehead atoms. The monoisotopic (exact) mass is 521 g/mol. The molecule has 6 nitrogen and oxygen atoms in total. The first-order valence-corrected chi connectivity index (χ1v) is 12.8. The van der Waals surface area contributed by atoms with E-state index in [4.69, 9.17) is 22.1 Å². The molecule has 2 aliphatic rings. The normalized spacial score (nSPS) is 20.9. The number of amides is 2. The van der Waals surface area contributed by atoms with Crippen molar-refractivity contribution in [2.24, 2.45) is 11.1 Å². The summed E-state index contributed by atoms with van der Waals surface area (Å²) in [6.07, 6.45) is 4.86. The molecule has 1 spiro atoms. The van der Waals surface area contributed by atoms with Crippen molar-refractivity contribution < 1.29 is 18.7 Å². The number of carbonyl (C=O) groups excluding carboxylic acids is 2. The molecule has 37 heavy (non-hydrogen) atoms. The number of para-hydroxylation sites is 1. The van der Waals surface area contributed by atoms with E-state index in [-0.39, 0.29) is 28.0 Å². The summed E-state index contributed by atoms with van der Waals surface area (Å²) in [4.78, 5) is 28.4. The third kappa shape index (κ3) is 5.06. The maximum Gasteiger partial charge on any atom is 0.258 e. The van der Waals surface area contributed by atoms with Gasteiger partial charge in [0, 0.05) is 23.8 Å². The Morgan fingerprint density at radius 2 is 1.95 bits per heavy atom. The van der Waals surface area contributed by atoms with Gasteiger partial charge in [0.2, 0.25) is 0 Å². The Morgan fingerprint density at radius 3 is 2.70 bits per heavy atom. The van der Waals surface area contributed by atoms with Gasteiger partial charge >= 0.3 is 0 Å². The molecule has 192 valence electrons. The van der Waals surface area contributed by atoms with Crippen molar-refractivity contribution in [2.45, 2.75) is 38.1 Å². The highest BCUT2D eigenvalue weighted by Crippen LogP contribution is 2.47. The number of hydrogen-bond donors (Lipinski definition) is 2. The Bertz CT molecular complexity index is 1360. The van der Waals surface area contributed by atoms with Gasteiger partial charge in [0.05, 0.1) is 23.4 Å². The summed E-state index contributed by atoms with van der Waals surface area (Å²) in [6.45, 7) is 0.599. The van der Waals surface area contributed by atoms with Crippen molar-refractivity contribution in [3.05, 3.63) is 88.2 Å². The third-order valence-electron chi connectivity index (χ3n) is 7.57. The number of rotatable bonds is 4. The minimum Gasteiger partial charge on any atom is -0.495 e. The van der Waals surface area contributed by atoms with E-state index in [1.165, 1.54) is 19.2 Å². The van der Waals surface area contributed by atoms with Gasteiger partial charge in [-0.15, -0.1) is 0 Å². The van der Waals surface area contributed by atoms with Gasteiger partial charge in [0.25, 0.3) is 11.8 Å². The lowest BCUT2D eigenvalue weighted by molar-refractivity contribution is 0.0983. The number of benzene rings is 3. The molecule has 1 aliphatic carbocycles. The fourth-order valence-electron chi connectivity index (χ4n) is 5.68. The second-order valence-electron chi connectivity index (χ2n) is 10.0. The minimum atomic E-state index is -0.580. The number of nitrogens with zero attached hydrogens (tertiary/aromatic N) is 1. The zero-order valence-electron chi connectivity index (χ0n) is 20.6. The number of nitrogens with one attached hydrogen (secondary N) is 1. The van der Waals surface area contributed by atoms with Crippen molar-refractivity contribution in [3.8, 4) is 5.75 Å². The van der Waals surface area contributed by atoms with Crippen molar-refractivity contribution in [1.82, 2.24) is 0 Å². The highest BCUT2D eigenvalue weighted by Gasteiger charge is 2.41. The summed E-state index contributed by atoms with van der Waals surface area (Å²) in [5.41, 5.74) is 9.27. The van der Waals surface area contributed by atoms with E-state index in [0.717, 1.165) is 49.4 Å². The van der Waals surface area contributed by atoms with Gasteiger partial charge in [0.1, 0.15) is 11.6 Å². The molecule has 3 aromatic carbocycles. The molecule has 1 heterocycles. The van der Waals surface area contributed by atoms with Crippen molar-refractivity contribution in [3.63, 3.8) is 0 Å². The smallest absolute Gasteiger partial charge is 0.258 e. The number of fused-ring (bicyclic) bond motifs is 1. The van der Waals surface area contributed by atoms with Gasteiger partial charge in [-0.1, -0.05) is 29.8 Å². The molecule has 0 radical (unpaired) electrons. The third-order valence-corrected chi connectivity index (χ3v) is 7.90. The zero-order chi connectivity index (χ0) is 26.2. The van der Waals surface area contributed by atoms with Crippen LogP contribution in [0.5, 0.6) is 5.75 Å². The van der Waals surface area contributed by atoms with Crippen LogP contribution in [-0.2, 0) is 6.42 Å². The zero-order valence-corrected chi connectivity index (χ0v) is 21.4. The fraction of sp³-hybridized carbons (Fsp3) is 0.310. The molecule has 1 unspecified atom stereocenters. The van der Waals surface area contributed by atoms with E-state index in [0.29, 0.717) is 23.5 Å². The lowest BCUT2D eigenvalue weighted by Crippen LogP contribution is -2.33. The molecule has 0 saturated heterocycles. The summed E-state index contributed by atoms with van der Waals surface area (Å²) in [5, 5.41) is 2.83. The quantitative estimate of drug-likeness (QED) is 0.452. The molecule has 3 N–H and O–H groups in total. The number of nitrogens with two attached hydrogens (primary N) is 1. The van der Waals surface area contributed by atoms with E-state index in [9.17, 15) is 14.0 Å². The second kappa shape index (κ2) is 10.1. The van der Waals surface area contributed by atoms with Crippen molar-refractivity contribution in [1.29, 1.82) is 0 Å². The van der Waals surface area contributed by atoms with Gasteiger partial charge in [0.15, 0.2) is 0 Å². The van der Waals surface area contributed by atoms with Crippen LogP contribution in [0.25, 0.3) is 0 Å². The first-order valence-electron chi connectivity index (χ1n) is 12.4. The van der Waals surface area contributed by atoms with Crippen LogP contribution in [0.3, 0.4) is 0 Å². The molecule has 0 aromatic heterocycles. The molecule has 8 heteroatoms. The predicted molar refractivity (Wildman–Crippen MR) is 143 cm³/mol. The molecule has 3 aromatic rings. The van der Waals surface area contributed by atoms with E-state index < -0.39 is 11.7 Å². The molecule has 1 fully saturated rings. The highest BCUT2D eigenvalue weighted by molar-refractivity contribution is 6.34.